The first-order valence-electron chi connectivity index (χ1n) is 6.23. The van der Waals surface area contributed by atoms with Crippen LogP contribution < -0.4 is 10.2 Å². The maximum Gasteiger partial charge on any atom is 0.328 e. The van der Waals surface area contributed by atoms with Crippen LogP contribution in [-0.2, 0) is 16.0 Å². The van der Waals surface area contributed by atoms with Gasteiger partial charge in [-0.2, -0.15) is 0 Å². The van der Waals surface area contributed by atoms with Crippen molar-refractivity contribution < 1.29 is 19.6 Å². The maximum atomic E-state index is 11.4. The summed E-state index contributed by atoms with van der Waals surface area (Å²) in [6, 6.07) is 2.76. The molecule has 1 heterocycles. The quantitative estimate of drug-likeness (QED) is 0.640. The smallest absolute Gasteiger partial charge is 0.328 e. The van der Waals surface area contributed by atoms with E-state index in [1.165, 1.54) is 37.9 Å². The number of nitrogens with one attached hydrogen (secondary N) is 1. The van der Waals surface area contributed by atoms with Gasteiger partial charge in [-0.3, -0.25) is 14.9 Å². The Kier molecular flexibility index (Phi) is 3.32. The molecular formula is C13H15N3O5. The van der Waals surface area contributed by atoms with E-state index in [2.05, 4.69) is 5.32 Å². The Morgan fingerprint density at radius 2 is 2.10 bits per heavy atom. The summed E-state index contributed by atoms with van der Waals surface area (Å²) in [5.74, 6) is -1.35. The number of carbonyl (C=O) groups excluding carboxylic acids is 1. The summed E-state index contributed by atoms with van der Waals surface area (Å²) in [5, 5.41) is 23.1. The molecule has 0 atom stereocenters. The highest BCUT2D eigenvalue weighted by atomic mass is 16.6. The Morgan fingerprint density at radius 3 is 2.62 bits per heavy atom. The SMILES string of the molecule is CN(c1cc2c(cc1[N+](=O)[O-])CC(=O)N2)C(C)(C)C(=O)O. The van der Waals surface area contributed by atoms with Crippen LogP contribution in [0, 0.1) is 10.1 Å². The van der Waals surface area contributed by atoms with E-state index in [4.69, 9.17) is 0 Å². The summed E-state index contributed by atoms with van der Waals surface area (Å²) in [6.45, 7) is 2.90. The van der Waals surface area contributed by atoms with Gasteiger partial charge in [-0.05, 0) is 25.5 Å². The van der Waals surface area contributed by atoms with Gasteiger partial charge in [-0.1, -0.05) is 0 Å². The van der Waals surface area contributed by atoms with Crippen LogP contribution in [0.4, 0.5) is 17.1 Å². The molecule has 0 unspecified atom stereocenters. The number of amides is 1. The number of carboxylic acid groups (broad SMARTS) is 1. The molecule has 2 N–H and O–H groups in total. The fourth-order valence-corrected chi connectivity index (χ4v) is 2.11. The molecule has 112 valence electrons. The molecule has 0 aliphatic carbocycles. The van der Waals surface area contributed by atoms with Crippen LogP contribution in [0.25, 0.3) is 0 Å². The first-order valence-corrected chi connectivity index (χ1v) is 6.23. The second kappa shape index (κ2) is 4.72. The molecule has 0 saturated carbocycles. The van der Waals surface area contributed by atoms with E-state index in [1.807, 2.05) is 0 Å². The van der Waals surface area contributed by atoms with Gasteiger partial charge in [0.15, 0.2) is 0 Å². The molecule has 0 saturated heterocycles. The molecule has 1 amide bonds. The lowest BCUT2D eigenvalue weighted by Crippen LogP contribution is -2.48. The lowest BCUT2D eigenvalue weighted by atomic mass is 10.0. The van der Waals surface area contributed by atoms with Crippen molar-refractivity contribution >= 4 is 28.9 Å². The molecule has 0 radical (unpaired) electrons. The van der Waals surface area contributed by atoms with Crippen LogP contribution in [0.2, 0.25) is 0 Å². The van der Waals surface area contributed by atoms with Gasteiger partial charge >= 0.3 is 5.97 Å². The number of nitrogens with zero attached hydrogens (tertiary/aromatic N) is 2. The van der Waals surface area contributed by atoms with Crippen molar-refractivity contribution in [1.29, 1.82) is 0 Å². The molecule has 0 spiro atoms. The predicted octanol–water partition coefficient (Wildman–Crippen LogP) is 1.39. The maximum absolute atomic E-state index is 11.4. The number of hydrogen-bond acceptors (Lipinski definition) is 5. The van der Waals surface area contributed by atoms with Gasteiger partial charge in [0, 0.05) is 18.8 Å². The molecule has 2 rings (SSSR count). The van der Waals surface area contributed by atoms with Crippen molar-refractivity contribution in [2.75, 3.05) is 17.3 Å². The van der Waals surface area contributed by atoms with Gasteiger partial charge in [0.05, 0.1) is 11.3 Å². The summed E-state index contributed by atoms with van der Waals surface area (Å²) in [6.07, 6.45) is 0.0858. The molecular weight excluding hydrogens is 278 g/mol. The van der Waals surface area contributed by atoms with Gasteiger partial charge in [0.25, 0.3) is 5.69 Å². The van der Waals surface area contributed by atoms with E-state index in [0.29, 0.717) is 11.3 Å². The predicted molar refractivity (Wildman–Crippen MR) is 75.5 cm³/mol. The number of fused-ring (bicyclic) bond motifs is 1. The number of rotatable bonds is 4. The Balaban J connectivity index is 2.58. The van der Waals surface area contributed by atoms with Crippen LogP contribution in [0.15, 0.2) is 12.1 Å². The fraction of sp³-hybridized carbons (Fsp3) is 0.385. The molecule has 8 heteroatoms. The molecule has 21 heavy (non-hydrogen) atoms. The average molecular weight is 293 g/mol. The minimum Gasteiger partial charge on any atom is -0.480 e. The Bertz CT molecular complexity index is 653. The highest BCUT2D eigenvalue weighted by molar-refractivity contribution is 6.01. The van der Waals surface area contributed by atoms with Crippen molar-refractivity contribution in [3.8, 4) is 0 Å². The molecule has 0 bridgehead atoms. The third-order valence-corrected chi connectivity index (χ3v) is 3.75. The number of anilines is 2. The zero-order valence-electron chi connectivity index (χ0n) is 11.8. The molecule has 0 fully saturated rings. The van der Waals surface area contributed by atoms with Gasteiger partial charge < -0.3 is 15.3 Å². The van der Waals surface area contributed by atoms with E-state index in [-0.39, 0.29) is 23.7 Å². The van der Waals surface area contributed by atoms with Gasteiger partial charge in [-0.25, -0.2) is 4.79 Å². The van der Waals surface area contributed by atoms with Crippen molar-refractivity contribution in [2.24, 2.45) is 0 Å². The highest BCUT2D eigenvalue weighted by Gasteiger charge is 2.36. The second-order valence-electron chi connectivity index (χ2n) is 5.40. The largest absolute Gasteiger partial charge is 0.480 e. The summed E-state index contributed by atoms with van der Waals surface area (Å²) in [5.41, 5.74) is -0.386. The second-order valence-corrected chi connectivity index (χ2v) is 5.40. The van der Waals surface area contributed by atoms with Crippen LogP contribution in [0.1, 0.15) is 19.4 Å². The Morgan fingerprint density at radius 1 is 1.48 bits per heavy atom. The van der Waals surface area contributed by atoms with Crippen LogP contribution in [0.5, 0.6) is 0 Å². The van der Waals surface area contributed by atoms with Crippen LogP contribution >= 0.6 is 0 Å². The summed E-state index contributed by atoms with van der Waals surface area (Å²) in [7, 11) is 1.47. The first kappa shape index (κ1) is 14.8. The van der Waals surface area contributed by atoms with Crippen LogP contribution in [0.3, 0.4) is 0 Å². The summed E-state index contributed by atoms with van der Waals surface area (Å²) in [4.78, 5) is 34.7. The van der Waals surface area contributed by atoms with Crippen molar-refractivity contribution in [2.45, 2.75) is 25.8 Å². The minimum atomic E-state index is -1.33. The van der Waals surface area contributed by atoms with Gasteiger partial charge in [0.2, 0.25) is 5.91 Å². The standard InChI is InChI=1S/C13H15N3O5/c1-13(2,12(18)19)15(3)9-6-8-7(5-11(17)14-8)4-10(9)16(20)21/h4,6H,5H2,1-3H3,(H,14,17)(H,18,19). The molecule has 1 aromatic carbocycles. The van der Waals surface area contributed by atoms with E-state index in [1.54, 1.807) is 0 Å². The molecule has 1 aliphatic heterocycles. The molecule has 0 aromatic heterocycles. The van der Waals surface area contributed by atoms with E-state index in [9.17, 15) is 24.8 Å². The third-order valence-electron chi connectivity index (χ3n) is 3.75. The summed E-state index contributed by atoms with van der Waals surface area (Å²) < 4.78 is 0. The van der Waals surface area contributed by atoms with Gasteiger partial charge in [-0.15, -0.1) is 0 Å². The van der Waals surface area contributed by atoms with Gasteiger partial charge in [0.1, 0.15) is 11.2 Å². The monoisotopic (exact) mass is 293 g/mol. The lowest BCUT2D eigenvalue weighted by Gasteiger charge is -2.33. The third kappa shape index (κ3) is 2.39. The van der Waals surface area contributed by atoms with E-state index >= 15 is 0 Å². The van der Waals surface area contributed by atoms with Crippen molar-refractivity contribution in [1.82, 2.24) is 0 Å². The zero-order chi connectivity index (χ0) is 15.9. The number of carboxylic acids is 1. The molecule has 1 aliphatic rings. The van der Waals surface area contributed by atoms with E-state index < -0.39 is 16.4 Å². The number of benzene rings is 1. The minimum absolute atomic E-state index is 0.0858. The molecule has 8 nitrogen and oxygen atoms in total. The Hall–Kier alpha value is -2.64. The summed E-state index contributed by atoms with van der Waals surface area (Å²) >= 11 is 0. The highest BCUT2D eigenvalue weighted by Crippen LogP contribution is 2.38. The topological polar surface area (TPSA) is 113 Å². The number of aliphatic carboxylic acids is 1. The zero-order valence-corrected chi connectivity index (χ0v) is 11.8. The van der Waals surface area contributed by atoms with Crippen LogP contribution in [-0.4, -0.2) is 34.5 Å². The number of nitro groups is 1. The number of nitro benzene ring substituents is 1. The average Bonchev–Trinajstić information content (AvgIpc) is 2.74. The lowest BCUT2D eigenvalue weighted by molar-refractivity contribution is -0.384. The Labute approximate surface area is 120 Å². The molecule has 1 aromatic rings. The fourth-order valence-electron chi connectivity index (χ4n) is 2.11. The van der Waals surface area contributed by atoms with Crippen molar-refractivity contribution in [3.05, 3.63) is 27.8 Å². The normalized spacial score (nSPS) is 13.6. The number of carbonyl (C=O) groups is 2. The number of likely N-dealkylation sites (N-methyl/N-ethyl adjacent to an activating group) is 1. The van der Waals surface area contributed by atoms with E-state index in [0.717, 1.165) is 0 Å². The number of hydrogen-bond donors (Lipinski definition) is 2. The first-order chi connectivity index (χ1) is 9.64. The van der Waals surface area contributed by atoms with Crippen molar-refractivity contribution in [3.63, 3.8) is 0 Å².